The van der Waals surface area contributed by atoms with Gasteiger partial charge in [0.15, 0.2) is 12.1 Å². The highest BCUT2D eigenvalue weighted by Crippen LogP contribution is 2.25. The highest BCUT2D eigenvalue weighted by molar-refractivity contribution is 6.03. The quantitative estimate of drug-likeness (QED) is 0.0179. The largest absolute Gasteiger partial charge is 0.510 e. The molecule has 1 aliphatic heterocycles. The summed E-state index contributed by atoms with van der Waals surface area (Å²) in [7, 11) is 0. The van der Waals surface area contributed by atoms with E-state index >= 15 is 0 Å². The number of allylic oxidation sites excluding steroid dienone is 18. The Labute approximate surface area is 590 Å². The molecule has 2 rings (SSSR count). The monoisotopic (exact) mass is 1410 g/mol. The minimum Gasteiger partial charge on any atom is -0.510 e. The number of unbranched alkanes of at least 4 members (excludes halogenated alkanes) is 1. The molecule has 0 spiro atoms. The molecule has 0 aromatic carbocycles. The fourth-order valence-corrected chi connectivity index (χ4v) is 9.99. The van der Waals surface area contributed by atoms with Crippen LogP contribution >= 0.6 is 0 Å². The molecule has 20 unspecified atom stereocenters. The van der Waals surface area contributed by atoms with Crippen LogP contribution in [0.1, 0.15) is 144 Å². The Balaban J connectivity index is 0.00000101. The van der Waals surface area contributed by atoms with Gasteiger partial charge in [-0.3, -0.25) is 19.2 Å². The summed E-state index contributed by atoms with van der Waals surface area (Å²) in [5.41, 5.74) is 5.36. The van der Waals surface area contributed by atoms with E-state index in [1.807, 2.05) is 99.8 Å². The number of Topliss-reactive ketones (excluding diaryl/α,β-unsaturated/α-hetero) is 2. The van der Waals surface area contributed by atoms with Crippen molar-refractivity contribution < 1.29 is 110 Å². The lowest BCUT2D eigenvalue weighted by atomic mass is 9.88. The Morgan fingerprint density at radius 2 is 1.09 bits per heavy atom. The van der Waals surface area contributed by atoms with Crippen LogP contribution in [0.3, 0.4) is 0 Å². The SMILES string of the molecule is CC(C)C(=O)CC(O)CC(O)CC(O)/C=C/CC(O)CC(O)CC(O)CC(O)/C=C/CC(O)CC(O)CCCNC(=O)C(N)CO.CC(C/C=C/C=C/C=C/C=C/C=C/C(O)C(C)C(O)C(C)/C=C/CC/C=C/C=C/C=C/C=C/C(=O)NC1=C(O)CCC1=O)OC1OC(C)C(O)C(O)C1O. The van der Waals surface area contributed by atoms with Gasteiger partial charge < -0.3 is 108 Å². The molecule has 20 atom stereocenters. The van der Waals surface area contributed by atoms with Crippen LogP contribution in [0.5, 0.6) is 0 Å². The number of ketones is 2. The van der Waals surface area contributed by atoms with E-state index in [-0.39, 0.29) is 124 Å². The molecular weight excluding hydrogens is 1290 g/mol. The van der Waals surface area contributed by atoms with Crippen molar-refractivity contribution in [2.24, 2.45) is 23.5 Å². The molecule has 1 fully saturated rings. The summed E-state index contributed by atoms with van der Waals surface area (Å²) in [6.07, 6.45) is 29.2. The molecule has 566 valence electrons. The van der Waals surface area contributed by atoms with Crippen molar-refractivity contribution in [3.8, 4) is 0 Å². The van der Waals surface area contributed by atoms with Crippen molar-refractivity contribution in [2.75, 3.05) is 13.2 Å². The molecule has 100 heavy (non-hydrogen) atoms. The van der Waals surface area contributed by atoms with Gasteiger partial charge in [-0.15, -0.1) is 0 Å². The zero-order valence-electron chi connectivity index (χ0n) is 58.9. The first kappa shape index (κ1) is 92.0. The Morgan fingerprint density at radius 1 is 0.580 bits per heavy atom. The molecule has 0 aromatic heterocycles. The Bertz CT molecular complexity index is 2720. The lowest BCUT2D eigenvalue weighted by Gasteiger charge is -2.39. The summed E-state index contributed by atoms with van der Waals surface area (Å²) >= 11 is 0. The standard InChI is InChI=1S/C43H59NO10.C32H60N2O12/c1-30(24-20-16-12-8-5-6-11-15-19-23-27-37(48)44-38-35(46)28-29-36(38)47)39(49)32(3)34(45)26-22-18-14-10-7-9-13-17-21-25-31(2)53-43-42(52)41(51)40(50)33(4)54-43;1-20(2)31(45)18-29(44)17-28(43)15-24(39)9-4-8-23(38)14-27(42)16-26(41)13-22(37)7-3-6-21(36)12-25(40)10-5-11-34-32(46)30(33)19-35/h5-11,13-15,17-24,26-27,30-34,39-43,45-46,49-52H,12,16,25,28-29H2,1-4H3,(H,44,48);3-4,7,9,20-30,35-44H,5-6,8,10-19,33H2,1-2H3,(H,34,46)/b8-5+,10-7+,11-6+,13-9+,18-14+,19-15+,21-17+,24-20+,26-22+,27-23+;7-3+,9-4+. The van der Waals surface area contributed by atoms with Gasteiger partial charge in [-0.1, -0.05) is 167 Å². The van der Waals surface area contributed by atoms with E-state index in [1.54, 1.807) is 57.2 Å². The first-order valence-electron chi connectivity index (χ1n) is 34.6. The third kappa shape index (κ3) is 43.1. The van der Waals surface area contributed by atoms with Gasteiger partial charge in [0.05, 0.1) is 86.0 Å². The summed E-state index contributed by atoms with van der Waals surface area (Å²) in [5.74, 6) is -2.13. The number of hydrogen-bond acceptors (Lipinski definition) is 23. The fraction of sp³-hybridized carbons (Fsp3) is 0.600. The zero-order valence-corrected chi connectivity index (χ0v) is 58.9. The molecule has 1 saturated heterocycles. The predicted molar refractivity (Wildman–Crippen MR) is 382 cm³/mol. The minimum absolute atomic E-state index is 0.0185. The molecule has 1 heterocycles. The van der Waals surface area contributed by atoms with E-state index < -0.39 is 122 Å². The van der Waals surface area contributed by atoms with Gasteiger partial charge in [0, 0.05) is 62.5 Å². The maximum Gasteiger partial charge on any atom is 0.248 e. The number of ether oxygens (including phenoxy) is 2. The summed E-state index contributed by atoms with van der Waals surface area (Å²) in [6, 6.07) is -0.995. The van der Waals surface area contributed by atoms with Crippen molar-refractivity contribution >= 4 is 23.4 Å². The van der Waals surface area contributed by atoms with E-state index in [1.165, 1.54) is 30.4 Å². The maximum absolute atomic E-state index is 11.8. The summed E-state index contributed by atoms with van der Waals surface area (Å²) in [4.78, 5) is 46.6. The molecule has 0 aromatic rings. The van der Waals surface area contributed by atoms with Crippen LogP contribution in [0, 0.1) is 17.8 Å². The second-order valence-corrected chi connectivity index (χ2v) is 25.8. The molecule has 0 bridgehead atoms. The van der Waals surface area contributed by atoms with Crippen LogP contribution in [0.4, 0.5) is 0 Å². The number of aliphatic hydroxyl groups is 16. The number of rotatable bonds is 48. The van der Waals surface area contributed by atoms with Crippen molar-refractivity contribution in [2.45, 2.75) is 254 Å². The first-order valence-corrected chi connectivity index (χ1v) is 34.6. The van der Waals surface area contributed by atoms with E-state index in [9.17, 15) is 95.8 Å². The van der Waals surface area contributed by atoms with Crippen LogP contribution in [0.15, 0.2) is 157 Å². The summed E-state index contributed by atoms with van der Waals surface area (Å²) in [6.45, 7) is 10.4. The van der Waals surface area contributed by atoms with Crippen molar-refractivity contribution in [1.29, 1.82) is 0 Å². The average molecular weight is 1410 g/mol. The van der Waals surface area contributed by atoms with Crippen molar-refractivity contribution in [3.05, 3.63) is 157 Å². The highest BCUT2D eigenvalue weighted by Gasteiger charge is 2.43. The number of aliphatic hydroxyl groups excluding tert-OH is 16. The maximum atomic E-state index is 11.8. The third-order valence-corrected chi connectivity index (χ3v) is 16.1. The van der Waals surface area contributed by atoms with Gasteiger partial charge in [-0.25, -0.2) is 0 Å². The lowest BCUT2D eigenvalue weighted by molar-refractivity contribution is -0.302. The molecule has 2 aliphatic rings. The normalized spacial score (nSPS) is 22.9. The van der Waals surface area contributed by atoms with Crippen LogP contribution in [0.2, 0.25) is 0 Å². The molecule has 0 radical (unpaired) electrons. The van der Waals surface area contributed by atoms with E-state index in [0.717, 1.165) is 12.8 Å². The molecule has 20 N–H and O–H groups in total. The van der Waals surface area contributed by atoms with Gasteiger partial charge >= 0.3 is 0 Å². The Morgan fingerprint density at radius 3 is 1.65 bits per heavy atom. The van der Waals surface area contributed by atoms with Crippen molar-refractivity contribution in [1.82, 2.24) is 10.6 Å². The molecule has 25 heteroatoms. The van der Waals surface area contributed by atoms with Gasteiger partial charge in [-0.05, 0) is 84.5 Å². The topological polar surface area (TPSA) is 461 Å². The summed E-state index contributed by atoms with van der Waals surface area (Å²) < 4.78 is 11.1. The average Bonchev–Trinajstić information content (AvgIpc) is 1.02. The summed E-state index contributed by atoms with van der Waals surface area (Å²) in [5, 5.41) is 165. The van der Waals surface area contributed by atoms with Gasteiger partial charge in [0.2, 0.25) is 11.8 Å². The van der Waals surface area contributed by atoms with Crippen LogP contribution < -0.4 is 16.4 Å². The van der Waals surface area contributed by atoms with Crippen molar-refractivity contribution in [3.63, 3.8) is 0 Å². The predicted octanol–water partition coefficient (Wildman–Crippen LogP) is 3.49. The van der Waals surface area contributed by atoms with E-state index in [4.69, 9.17) is 20.3 Å². The zero-order chi connectivity index (χ0) is 75.1. The number of nitrogens with two attached hydrogens (primary N) is 1. The number of amides is 2. The van der Waals surface area contributed by atoms with Gasteiger partial charge in [-0.2, -0.15) is 0 Å². The fourth-order valence-electron chi connectivity index (χ4n) is 9.99. The van der Waals surface area contributed by atoms with Crippen LogP contribution in [0.25, 0.3) is 0 Å². The Hall–Kier alpha value is -6.02. The number of carbonyl (C=O) groups excluding carboxylic acids is 4. The third-order valence-electron chi connectivity index (χ3n) is 16.1. The smallest absolute Gasteiger partial charge is 0.248 e. The number of nitrogens with one attached hydrogen (secondary N) is 2. The minimum atomic E-state index is -1.32. The van der Waals surface area contributed by atoms with Gasteiger partial charge in [0.25, 0.3) is 0 Å². The Kier molecular flexibility index (Phi) is 49.4. The van der Waals surface area contributed by atoms with E-state index in [2.05, 4.69) is 10.6 Å². The molecule has 0 saturated carbocycles. The van der Waals surface area contributed by atoms with E-state index in [0.29, 0.717) is 19.3 Å². The molecule has 25 nitrogen and oxygen atoms in total. The second kappa shape index (κ2) is 53.7. The van der Waals surface area contributed by atoms with Crippen LogP contribution in [-0.2, 0) is 28.7 Å². The molecule has 1 aliphatic carbocycles. The number of hydrogen-bond donors (Lipinski definition) is 19. The van der Waals surface area contributed by atoms with Crippen LogP contribution in [-0.4, -0.2) is 228 Å². The second-order valence-electron chi connectivity index (χ2n) is 25.8. The lowest BCUT2D eigenvalue weighted by Crippen LogP contribution is -2.57. The highest BCUT2D eigenvalue weighted by atomic mass is 16.7. The number of carbonyl (C=O) groups is 4. The van der Waals surface area contributed by atoms with Gasteiger partial charge in [0.1, 0.15) is 41.6 Å². The first-order chi connectivity index (χ1) is 47.4. The molecule has 2 amide bonds. The molecular formula is C75H119N3O22.